The Morgan fingerprint density at radius 3 is 2.06 bits per heavy atom. The van der Waals surface area contributed by atoms with Crippen molar-refractivity contribution in [2.24, 2.45) is 0 Å². The van der Waals surface area contributed by atoms with Crippen molar-refractivity contribution in [3.63, 3.8) is 0 Å². The van der Waals surface area contributed by atoms with Crippen molar-refractivity contribution < 1.29 is 0 Å². The van der Waals surface area contributed by atoms with E-state index in [2.05, 4.69) is 182 Å². The number of hydrogen-bond donors (Lipinski definition) is 0. The van der Waals surface area contributed by atoms with E-state index in [-0.39, 0.29) is 0 Å². The zero-order valence-corrected chi connectivity index (χ0v) is 28.5. The van der Waals surface area contributed by atoms with Gasteiger partial charge in [-0.2, -0.15) is 0 Å². The van der Waals surface area contributed by atoms with Crippen LogP contribution in [0, 0.1) is 13.8 Å². The highest BCUT2D eigenvalue weighted by molar-refractivity contribution is 6.09. The van der Waals surface area contributed by atoms with E-state index >= 15 is 0 Å². The van der Waals surface area contributed by atoms with E-state index in [0.29, 0.717) is 0 Å². The van der Waals surface area contributed by atoms with Crippen LogP contribution in [0.15, 0.2) is 164 Å². The average molecular weight is 636 g/mol. The van der Waals surface area contributed by atoms with Crippen LogP contribution in [-0.2, 0) is 0 Å². The molecule has 8 rings (SSSR count). The molecule has 0 aliphatic carbocycles. The number of fused-ring (bicyclic) bond motifs is 4. The molecule has 8 aromatic rings. The number of benzene rings is 5. The third-order valence-corrected chi connectivity index (χ3v) is 9.13. The van der Waals surface area contributed by atoms with Gasteiger partial charge in [-0.15, -0.1) is 0 Å². The SMILES string of the molecule is C=C(CC/C=C\C)c1ccccc1C.Cc1cc(-c2c(-c3ccccc3)nc3ccccn23)cc(-n2c3ccccc3c3ccccc32)c1. The monoisotopic (exact) mass is 635 g/mol. The molecular formula is C46H41N3. The quantitative estimate of drug-likeness (QED) is 0.160. The summed E-state index contributed by atoms with van der Waals surface area (Å²) >= 11 is 0. The lowest BCUT2D eigenvalue weighted by Crippen LogP contribution is -1.97. The minimum atomic E-state index is 0.946. The number of allylic oxidation sites excluding steroid dienone is 3. The van der Waals surface area contributed by atoms with Crippen molar-refractivity contribution in [3.05, 3.63) is 181 Å². The van der Waals surface area contributed by atoms with Crippen LogP contribution in [0.5, 0.6) is 0 Å². The summed E-state index contributed by atoms with van der Waals surface area (Å²) in [4.78, 5) is 5.04. The minimum Gasteiger partial charge on any atom is -0.309 e. The van der Waals surface area contributed by atoms with Crippen LogP contribution in [0.4, 0.5) is 0 Å². The molecule has 0 aliphatic rings. The Morgan fingerprint density at radius 2 is 1.35 bits per heavy atom. The van der Waals surface area contributed by atoms with Crippen LogP contribution in [0.1, 0.15) is 36.5 Å². The molecule has 0 N–H and O–H groups in total. The van der Waals surface area contributed by atoms with Crippen molar-refractivity contribution in [1.29, 1.82) is 0 Å². The number of hydrogen-bond acceptors (Lipinski definition) is 1. The largest absolute Gasteiger partial charge is 0.309 e. The summed E-state index contributed by atoms with van der Waals surface area (Å²) in [5.41, 5.74) is 14.0. The fourth-order valence-corrected chi connectivity index (χ4v) is 6.83. The molecular weight excluding hydrogens is 595 g/mol. The third kappa shape index (κ3) is 6.36. The summed E-state index contributed by atoms with van der Waals surface area (Å²) in [6.45, 7) is 10.5. The first-order chi connectivity index (χ1) is 24.0. The highest BCUT2D eigenvalue weighted by Crippen LogP contribution is 2.37. The Hall–Kier alpha value is -5.93. The van der Waals surface area contributed by atoms with E-state index in [1.54, 1.807) is 0 Å². The number of rotatable bonds is 7. The van der Waals surface area contributed by atoms with Crippen molar-refractivity contribution in [1.82, 2.24) is 14.0 Å². The zero-order valence-electron chi connectivity index (χ0n) is 28.5. The van der Waals surface area contributed by atoms with Crippen LogP contribution in [-0.4, -0.2) is 14.0 Å². The van der Waals surface area contributed by atoms with E-state index in [9.17, 15) is 0 Å². The maximum atomic E-state index is 5.04. The van der Waals surface area contributed by atoms with Gasteiger partial charge in [-0.1, -0.05) is 116 Å². The summed E-state index contributed by atoms with van der Waals surface area (Å²) < 4.78 is 4.58. The molecule has 0 spiro atoms. The highest BCUT2D eigenvalue weighted by Gasteiger charge is 2.18. The summed E-state index contributed by atoms with van der Waals surface area (Å²) in [5, 5.41) is 2.54. The topological polar surface area (TPSA) is 22.2 Å². The standard InChI is InChI=1S/C32H23N3.C14H18/c1-22-19-24(32-31(23-11-3-2-4-12-23)33-30-17-9-10-18-34(30)32)21-25(20-22)35-28-15-7-5-13-26(28)27-14-6-8-16-29(27)35;1-4-5-6-9-12(2)14-11-8-7-10-13(14)3/h2-21H,1H3;4-5,7-8,10-11H,2,6,9H2,1,3H3/b;5-4-. The van der Waals surface area contributed by atoms with Gasteiger partial charge in [-0.25, -0.2) is 4.98 Å². The fraction of sp³-hybridized carbons (Fsp3) is 0.109. The van der Waals surface area contributed by atoms with Gasteiger partial charge in [0.25, 0.3) is 0 Å². The Kier molecular flexibility index (Phi) is 9.08. The van der Waals surface area contributed by atoms with Gasteiger partial charge in [-0.3, -0.25) is 4.40 Å². The number of aryl methyl sites for hydroxylation is 2. The number of imidazole rings is 1. The molecule has 3 aromatic heterocycles. The number of para-hydroxylation sites is 2. The lowest BCUT2D eigenvalue weighted by Gasteiger charge is -2.13. The van der Waals surface area contributed by atoms with Crippen LogP contribution < -0.4 is 0 Å². The van der Waals surface area contributed by atoms with Crippen molar-refractivity contribution >= 4 is 33.0 Å². The van der Waals surface area contributed by atoms with Gasteiger partial charge in [0, 0.05) is 33.8 Å². The molecule has 240 valence electrons. The Balaban J connectivity index is 0.000000229. The Bertz CT molecular complexity index is 2390. The van der Waals surface area contributed by atoms with Gasteiger partial charge in [-0.05, 0) is 98.3 Å². The molecule has 0 bridgehead atoms. The molecule has 3 heteroatoms. The molecule has 0 saturated heterocycles. The first-order valence-electron chi connectivity index (χ1n) is 17.0. The van der Waals surface area contributed by atoms with E-state index in [1.165, 1.54) is 44.1 Å². The minimum absolute atomic E-state index is 0.946. The molecule has 0 amide bonds. The van der Waals surface area contributed by atoms with E-state index in [4.69, 9.17) is 4.98 Å². The molecule has 5 aromatic carbocycles. The van der Waals surface area contributed by atoms with Gasteiger partial charge >= 0.3 is 0 Å². The predicted molar refractivity (Wildman–Crippen MR) is 209 cm³/mol. The molecule has 3 heterocycles. The first-order valence-corrected chi connectivity index (χ1v) is 17.0. The highest BCUT2D eigenvalue weighted by atomic mass is 15.0. The summed E-state index contributed by atoms with van der Waals surface area (Å²) in [7, 11) is 0. The van der Waals surface area contributed by atoms with Gasteiger partial charge in [0.05, 0.1) is 22.4 Å². The molecule has 0 atom stereocenters. The summed E-state index contributed by atoms with van der Waals surface area (Å²) in [6, 6.07) is 49.2. The second-order valence-corrected chi connectivity index (χ2v) is 12.6. The Morgan fingerprint density at radius 1 is 0.694 bits per heavy atom. The van der Waals surface area contributed by atoms with E-state index in [0.717, 1.165) is 46.7 Å². The maximum Gasteiger partial charge on any atom is 0.137 e. The van der Waals surface area contributed by atoms with Crippen molar-refractivity contribution in [2.45, 2.75) is 33.6 Å². The van der Waals surface area contributed by atoms with Crippen molar-refractivity contribution in [3.8, 4) is 28.2 Å². The van der Waals surface area contributed by atoms with Crippen LogP contribution in [0.25, 0.3) is 61.2 Å². The summed E-state index contributed by atoms with van der Waals surface area (Å²) in [5.74, 6) is 0. The normalized spacial score (nSPS) is 11.3. The fourth-order valence-electron chi connectivity index (χ4n) is 6.83. The molecule has 0 unspecified atom stereocenters. The Labute approximate surface area is 289 Å². The molecule has 3 nitrogen and oxygen atoms in total. The average Bonchev–Trinajstić information content (AvgIpc) is 3.69. The third-order valence-electron chi connectivity index (χ3n) is 9.13. The van der Waals surface area contributed by atoms with E-state index in [1.807, 2.05) is 12.1 Å². The molecule has 0 saturated carbocycles. The van der Waals surface area contributed by atoms with Crippen LogP contribution in [0.2, 0.25) is 0 Å². The molecule has 0 fully saturated rings. The van der Waals surface area contributed by atoms with E-state index < -0.39 is 0 Å². The maximum absolute atomic E-state index is 5.04. The van der Waals surface area contributed by atoms with Gasteiger partial charge in [0.1, 0.15) is 5.65 Å². The van der Waals surface area contributed by atoms with Gasteiger partial charge < -0.3 is 4.57 Å². The second-order valence-electron chi connectivity index (χ2n) is 12.6. The predicted octanol–water partition coefficient (Wildman–Crippen LogP) is 12.4. The van der Waals surface area contributed by atoms with Crippen molar-refractivity contribution in [2.75, 3.05) is 0 Å². The molecule has 0 radical (unpaired) electrons. The smallest absolute Gasteiger partial charge is 0.137 e. The number of aromatic nitrogens is 3. The van der Waals surface area contributed by atoms with Gasteiger partial charge in [0.15, 0.2) is 0 Å². The van der Waals surface area contributed by atoms with Gasteiger partial charge in [0.2, 0.25) is 0 Å². The first kappa shape index (κ1) is 31.7. The van der Waals surface area contributed by atoms with Crippen LogP contribution >= 0.6 is 0 Å². The number of nitrogens with zero attached hydrogens (tertiary/aromatic N) is 3. The molecule has 49 heavy (non-hydrogen) atoms. The lowest BCUT2D eigenvalue weighted by atomic mass is 9.98. The summed E-state index contributed by atoms with van der Waals surface area (Å²) in [6.07, 6.45) is 8.51. The zero-order chi connectivity index (χ0) is 33.7. The molecule has 0 aliphatic heterocycles. The number of pyridine rings is 1. The van der Waals surface area contributed by atoms with Crippen LogP contribution in [0.3, 0.4) is 0 Å². The lowest BCUT2D eigenvalue weighted by molar-refractivity contribution is 1.06. The second kappa shape index (κ2) is 14.0.